The van der Waals surface area contributed by atoms with Gasteiger partial charge in [-0.2, -0.15) is 15.0 Å². The highest BCUT2D eigenvalue weighted by Gasteiger charge is 2.24. The van der Waals surface area contributed by atoms with Crippen LogP contribution < -0.4 is 11.1 Å². The molecule has 1 aromatic heterocycles. The van der Waals surface area contributed by atoms with Crippen LogP contribution >= 0.6 is 0 Å². The number of amides is 1. The minimum absolute atomic E-state index is 0.212. The molecule has 0 spiro atoms. The highest BCUT2D eigenvalue weighted by atomic mass is 16.2. The molecule has 3 heterocycles. The van der Waals surface area contributed by atoms with Crippen molar-refractivity contribution in [1.29, 1.82) is 0 Å². The zero-order valence-electron chi connectivity index (χ0n) is 17.5. The summed E-state index contributed by atoms with van der Waals surface area (Å²) in [6.45, 7) is 8.50. The van der Waals surface area contributed by atoms with Crippen molar-refractivity contribution in [2.24, 2.45) is 0 Å². The largest absolute Gasteiger partial charge is 0.368 e. The van der Waals surface area contributed by atoms with Gasteiger partial charge in [-0.05, 0) is 31.9 Å². The Kier molecular flexibility index (Phi) is 6.39. The van der Waals surface area contributed by atoms with Gasteiger partial charge in [-0.15, -0.1) is 0 Å². The minimum Gasteiger partial charge on any atom is -0.368 e. The van der Waals surface area contributed by atoms with Crippen LogP contribution in [-0.4, -0.2) is 81.4 Å². The van der Waals surface area contributed by atoms with Crippen molar-refractivity contribution in [1.82, 2.24) is 29.7 Å². The van der Waals surface area contributed by atoms with Crippen LogP contribution in [0, 0.1) is 6.92 Å². The molecule has 0 radical (unpaired) electrons. The van der Waals surface area contributed by atoms with Crippen LogP contribution in [0.5, 0.6) is 0 Å². The maximum atomic E-state index is 12.4. The van der Waals surface area contributed by atoms with E-state index in [1.807, 2.05) is 36.1 Å². The summed E-state index contributed by atoms with van der Waals surface area (Å²) in [6.07, 6.45) is 2.27. The van der Waals surface area contributed by atoms with E-state index < -0.39 is 0 Å². The molecule has 2 aliphatic rings. The number of likely N-dealkylation sites (tertiary alicyclic amines) is 1. The molecule has 0 bridgehead atoms. The molecule has 1 aromatic carbocycles. The Morgan fingerprint density at radius 3 is 2.33 bits per heavy atom. The van der Waals surface area contributed by atoms with Crippen molar-refractivity contribution in [3.8, 4) is 0 Å². The SMILES string of the molecule is Cc1ccc(Nc2nc(N)nc(CN3CCN(CC(=O)N4CCCC4)CC3)n2)cc1. The van der Waals surface area contributed by atoms with Gasteiger partial charge in [0, 0.05) is 45.0 Å². The Balaban J connectivity index is 1.29. The van der Waals surface area contributed by atoms with Crippen LogP contribution in [0.4, 0.5) is 17.6 Å². The highest BCUT2D eigenvalue weighted by Crippen LogP contribution is 2.15. The van der Waals surface area contributed by atoms with Gasteiger partial charge >= 0.3 is 0 Å². The van der Waals surface area contributed by atoms with Crippen LogP contribution in [0.1, 0.15) is 24.2 Å². The normalized spacial score (nSPS) is 18.0. The smallest absolute Gasteiger partial charge is 0.236 e. The van der Waals surface area contributed by atoms with Crippen molar-refractivity contribution in [2.45, 2.75) is 26.3 Å². The number of nitrogens with one attached hydrogen (secondary N) is 1. The van der Waals surface area contributed by atoms with Gasteiger partial charge in [-0.25, -0.2) is 0 Å². The summed E-state index contributed by atoms with van der Waals surface area (Å²) in [6, 6.07) is 8.03. The number of benzene rings is 1. The number of nitrogens with two attached hydrogens (primary N) is 1. The molecule has 0 atom stereocenters. The molecule has 2 saturated heterocycles. The lowest BCUT2D eigenvalue weighted by molar-refractivity contribution is -0.131. The molecule has 0 aliphatic carbocycles. The summed E-state index contributed by atoms with van der Waals surface area (Å²) < 4.78 is 0. The summed E-state index contributed by atoms with van der Waals surface area (Å²) in [5.74, 6) is 1.58. The van der Waals surface area contributed by atoms with E-state index in [1.165, 1.54) is 5.56 Å². The van der Waals surface area contributed by atoms with Gasteiger partial charge < -0.3 is 16.0 Å². The monoisotopic (exact) mass is 410 g/mol. The zero-order valence-corrected chi connectivity index (χ0v) is 17.5. The van der Waals surface area contributed by atoms with Crippen molar-refractivity contribution >= 4 is 23.5 Å². The first kappa shape index (κ1) is 20.5. The summed E-state index contributed by atoms with van der Waals surface area (Å²) >= 11 is 0. The first-order valence-corrected chi connectivity index (χ1v) is 10.6. The van der Waals surface area contributed by atoms with Crippen molar-refractivity contribution in [2.75, 3.05) is 56.9 Å². The van der Waals surface area contributed by atoms with Crippen molar-refractivity contribution < 1.29 is 4.79 Å². The molecule has 0 unspecified atom stereocenters. The number of piperazine rings is 1. The second-order valence-electron chi connectivity index (χ2n) is 8.06. The lowest BCUT2D eigenvalue weighted by atomic mass is 10.2. The molecule has 9 nitrogen and oxygen atoms in total. The number of anilines is 3. The molecule has 2 fully saturated rings. The molecular formula is C21H30N8O. The predicted octanol–water partition coefficient (Wildman–Crippen LogP) is 1.25. The zero-order chi connectivity index (χ0) is 20.9. The maximum Gasteiger partial charge on any atom is 0.236 e. The van der Waals surface area contributed by atoms with Gasteiger partial charge in [-0.1, -0.05) is 17.7 Å². The molecule has 0 saturated carbocycles. The molecule has 3 N–H and O–H groups in total. The number of aromatic nitrogens is 3. The quantitative estimate of drug-likeness (QED) is 0.733. The minimum atomic E-state index is 0.212. The Morgan fingerprint density at radius 1 is 0.967 bits per heavy atom. The molecule has 2 aliphatic heterocycles. The van der Waals surface area contributed by atoms with E-state index in [4.69, 9.17) is 5.73 Å². The third-order valence-corrected chi connectivity index (χ3v) is 5.65. The van der Waals surface area contributed by atoms with E-state index in [0.717, 1.165) is 57.8 Å². The number of carbonyl (C=O) groups is 1. The van der Waals surface area contributed by atoms with Gasteiger partial charge in [0.25, 0.3) is 0 Å². The Labute approximate surface area is 177 Å². The van der Waals surface area contributed by atoms with Crippen LogP contribution in [0.25, 0.3) is 0 Å². The highest BCUT2D eigenvalue weighted by molar-refractivity contribution is 5.78. The van der Waals surface area contributed by atoms with E-state index in [9.17, 15) is 4.79 Å². The molecule has 1 amide bonds. The van der Waals surface area contributed by atoms with E-state index >= 15 is 0 Å². The lowest BCUT2D eigenvalue weighted by Crippen LogP contribution is -2.49. The van der Waals surface area contributed by atoms with Crippen LogP contribution in [0.2, 0.25) is 0 Å². The first-order valence-electron chi connectivity index (χ1n) is 10.6. The molecule has 4 rings (SSSR count). The van der Waals surface area contributed by atoms with Crippen molar-refractivity contribution in [3.63, 3.8) is 0 Å². The standard InChI is InChI=1S/C21H30N8O/c1-16-4-6-17(7-5-16)23-21-25-18(24-20(22)26-21)14-27-10-12-28(13-11-27)15-19(30)29-8-2-3-9-29/h4-7H,2-3,8-15H2,1H3,(H3,22,23,24,25,26). The van der Waals surface area contributed by atoms with Crippen LogP contribution in [-0.2, 0) is 11.3 Å². The molecule has 30 heavy (non-hydrogen) atoms. The summed E-state index contributed by atoms with van der Waals surface area (Å²) in [5, 5.41) is 3.19. The lowest BCUT2D eigenvalue weighted by Gasteiger charge is -2.34. The van der Waals surface area contributed by atoms with Crippen molar-refractivity contribution in [3.05, 3.63) is 35.7 Å². The first-order chi connectivity index (χ1) is 14.5. The molecule has 160 valence electrons. The topological polar surface area (TPSA) is 104 Å². The fraction of sp³-hybridized carbons (Fsp3) is 0.524. The van der Waals surface area contributed by atoms with Gasteiger partial charge in [0.2, 0.25) is 17.8 Å². The third kappa shape index (κ3) is 5.43. The molecular weight excluding hydrogens is 380 g/mol. The number of hydrogen-bond acceptors (Lipinski definition) is 8. The van der Waals surface area contributed by atoms with Crippen LogP contribution in [0.15, 0.2) is 24.3 Å². The molecule has 2 aromatic rings. The second kappa shape index (κ2) is 9.36. The Hall–Kier alpha value is -2.78. The second-order valence-corrected chi connectivity index (χ2v) is 8.06. The summed E-state index contributed by atoms with van der Waals surface area (Å²) in [7, 11) is 0. The van der Waals surface area contributed by atoms with E-state index in [2.05, 4.69) is 30.1 Å². The van der Waals surface area contributed by atoms with E-state index in [-0.39, 0.29) is 11.9 Å². The average molecular weight is 411 g/mol. The van der Waals surface area contributed by atoms with Crippen LogP contribution in [0.3, 0.4) is 0 Å². The van der Waals surface area contributed by atoms with Gasteiger partial charge in [0.05, 0.1) is 13.1 Å². The fourth-order valence-electron chi connectivity index (χ4n) is 3.89. The Bertz CT molecular complexity index is 858. The number of aryl methyl sites for hydroxylation is 1. The van der Waals surface area contributed by atoms with E-state index in [0.29, 0.717) is 24.9 Å². The number of rotatable bonds is 6. The summed E-state index contributed by atoms with van der Waals surface area (Å²) in [5.41, 5.74) is 8.01. The van der Waals surface area contributed by atoms with Gasteiger partial charge in [0.15, 0.2) is 0 Å². The molecule has 9 heteroatoms. The summed E-state index contributed by atoms with van der Waals surface area (Å²) in [4.78, 5) is 31.9. The van der Waals surface area contributed by atoms with E-state index in [1.54, 1.807) is 0 Å². The fourth-order valence-corrected chi connectivity index (χ4v) is 3.89. The number of nitrogens with zero attached hydrogens (tertiary/aromatic N) is 6. The third-order valence-electron chi connectivity index (χ3n) is 5.65. The Morgan fingerprint density at radius 2 is 1.63 bits per heavy atom. The van der Waals surface area contributed by atoms with Gasteiger partial charge in [-0.3, -0.25) is 14.6 Å². The van der Waals surface area contributed by atoms with Gasteiger partial charge in [0.1, 0.15) is 5.82 Å². The number of nitrogen functional groups attached to an aromatic ring is 1. The predicted molar refractivity (Wildman–Crippen MR) is 116 cm³/mol. The maximum absolute atomic E-state index is 12.4. The number of carbonyl (C=O) groups excluding carboxylic acids is 1. The number of hydrogen-bond donors (Lipinski definition) is 2. The average Bonchev–Trinajstić information content (AvgIpc) is 3.26.